The van der Waals surface area contributed by atoms with Crippen LogP contribution in [0.3, 0.4) is 0 Å². The van der Waals surface area contributed by atoms with E-state index < -0.39 is 0 Å². The van der Waals surface area contributed by atoms with Crippen LogP contribution in [-0.2, 0) is 17.7 Å². The summed E-state index contributed by atoms with van der Waals surface area (Å²) in [6.07, 6.45) is 6.18. The summed E-state index contributed by atoms with van der Waals surface area (Å²) in [7, 11) is 1.99. The third-order valence-corrected chi connectivity index (χ3v) is 3.38. The number of aromatic nitrogens is 2. The second kappa shape index (κ2) is 7.51. The highest BCUT2D eigenvalue weighted by Gasteiger charge is 2.11. The Balaban J connectivity index is 1.75. The van der Waals surface area contributed by atoms with E-state index in [1.807, 2.05) is 13.2 Å². The van der Waals surface area contributed by atoms with E-state index >= 15 is 0 Å². The summed E-state index contributed by atoms with van der Waals surface area (Å²) in [6.45, 7) is 7.06. The topological polar surface area (TPSA) is 42.3 Å². The number of ether oxygens (including phenoxy) is 1. The first-order chi connectivity index (χ1) is 8.90. The van der Waals surface area contributed by atoms with Crippen molar-refractivity contribution < 1.29 is 4.74 Å². The van der Waals surface area contributed by atoms with E-state index in [4.69, 9.17) is 4.74 Å². The normalized spacial score (nSPS) is 17.2. The van der Waals surface area contributed by atoms with E-state index in [0.717, 1.165) is 58.8 Å². The van der Waals surface area contributed by atoms with Gasteiger partial charge in [-0.3, -0.25) is 4.90 Å². The van der Waals surface area contributed by atoms with Crippen molar-refractivity contribution in [2.75, 3.05) is 46.4 Å². The molecule has 1 fully saturated rings. The van der Waals surface area contributed by atoms with Gasteiger partial charge in [-0.25, -0.2) is 4.98 Å². The summed E-state index contributed by atoms with van der Waals surface area (Å²) in [4.78, 5) is 6.92. The van der Waals surface area contributed by atoms with Crippen LogP contribution in [0.2, 0.25) is 0 Å². The highest BCUT2D eigenvalue weighted by Crippen LogP contribution is 2.03. The summed E-state index contributed by atoms with van der Waals surface area (Å²) in [6, 6.07) is 0. The lowest BCUT2D eigenvalue weighted by Crippen LogP contribution is -2.37. The van der Waals surface area contributed by atoms with Crippen molar-refractivity contribution in [1.29, 1.82) is 0 Å². The number of nitrogens with zero attached hydrogens (tertiary/aromatic N) is 3. The molecular weight excluding hydrogens is 228 g/mol. The monoisotopic (exact) mass is 252 g/mol. The Bertz CT molecular complexity index is 333. The van der Waals surface area contributed by atoms with Crippen molar-refractivity contribution in [2.45, 2.75) is 19.4 Å². The molecule has 0 amide bonds. The van der Waals surface area contributed by atoms with Gasteiger partial charge < -0.3 is 14.6 Å². The fourth-order valence-corrected chi connectivity index (χ4v) is 2.28. The van der Waals surface area contributed by atoms with Gasteiger partial charge in [0.25, 0.3) is 0 Å². The van der Waals surface area contributed by atoms with Gasteiger partial charge in [0, 0.05) is 45.0 Å². The molecule has 1 N–H and O–H groups in total. The molecule has 0 aliphatic carbocycles. The van der Waals surface area contributed by atoms with Gasteiger partial charge in [-0.05, 0) is 20.0 Å². The molecule has 0 bridgehead atoms. The van der Waals surface area contributed by atoms with Crippen LogP contribution in [0.25, 0.3) is 0 Å². The number of morpholine rings is 1. The Morgan fingerprint density at radius 1 is 1.33 bits per heavy atom. The third kappa shape index (κ3) is 4.08. The Hall–Kier alpha value is -0.910. The molecule has 0 radical (unpaired) electrons. The minimum absolute atomic E-state index is 0.872. The fraction of sp³-hybridized carbons (Fsp3) is 0.769. The second-order valence-electron chi connectivity index (χ2n) is 4.70. The van der Waals surface area contributed by atoms with Gasteiger partial charge in [0.05, 0.1) is 13.2 Å². The molecule has 0 unspecified atom stereocenters. The summed E-state index contributed by atoms with van der Waals surface area (Å²) >= 11 is 0. The van der Waals surface area contributed by atoms with Gasteiger partial charge >= 0.3 is 0 Å². The lowest BCUT2D eigenvalue weighted by molar-refractivity contribution is 0.0381. The van der Waals surface area contributed by atoms with E-state index in [-0.39, 0.29) is 0 Å². The number of hydrogen-bond donors (Lipinski definition) is 1. The van der Waals surface area contributed by atoms with Gasteiger partial charge in [-0.15, -0.1) is 0 Å². The van der Waals surface area contributed by atoms with Gasteiger partial charge in [-0.2, -0.15) is 0 Å². The number of aryl methyl sites for hydroxylation is 1. The molecule has 0 saturated carbocycles. The van der Waals surface area contributed by atoms with Crippen molar-refractivity contribution >= 4 is 0 Å². The third-order valence-electron chi connectivity index (χ3n) is 3.38. The molecule has 5 nitrogen and oxygen atoms in total. The Kier molecular flexibility index (Phi) is 5.64. The minimum Gasteiger partial charge on any atom is -0.379 e. The van der Waals surface area contributed by atoms with Gasteiger partial charge in [0.1, 0.15) is 5.82 Å². The molecular formula is C13H24N4O. The van der Waals surface area contributed by atoms with Crippen molar-refractivity contribution in [3.63, 3.8) is 0 Å². The molecule has 102 valence electrons. The Labute approximate surface area is 109 Å². The standard InChI is InChI=1S/C13H24N4O/c1-14-4-2-6-17-8-5-15-13(17)3-7-16-9-11-18-12-10-16/h5,8,14H,2-4,6-7,9-12H2,1H3. The lowest BCUT2D eigenvalue weighted by atomic mass is 10.3. The number of imidazole rings is 1. The summed E-state index contributed by atoms with van der Waals surface area (Å²) in [5, 5.41) is 3.18. The van der Waals surface area contributed by atoms with Crippen LogP contribution in [0, 0.1) is 0 Å². The zero-order valence-electron chi connectivity index (χ0n) is 11.3. The SMILES string of the molecule is CNCCCn1ccnc1CCN1CCOCC1. The predicted octanol–water partition coefficient (Wildman–Crippen LogP) is 0.367. The van der Waals surface area contributed by atoms with E-state index in [2.05, 4.69) is 26.0 Å². The number of nitrogens with one attached hydrogen (secondary N) is 1. The van der Waals surface area contributed by atoms with Crippen LogP contribution in [0.5, 0.6) is 0 Å². The zero-order valence-corrected chi connectivity index (χ0v) is 11.3. The fourth-order valence-electron chi connectivity index (χ4n) is 2.28. The van der Waals surface area contributed by atoms with Crippen molar-refractivity contribution in [3.8, 4) is 0 Å². The Morgan fingerprint density at radius 3 is 2.94 bits per heavy atom. The van der Waals surface area contributed by atoms with E-state index in [1.54, 1.807) is 0 Å². The van der Waals surface area contributed by atoms with Crippen LogP contribution in [0.4, 0.5) is 0 Å². The first kappa shape index (κ1) is 13.5. The summed E-state index contributed by atoms with van der Waals surface area (Å²) in [5.41, 5.74) is 0. The lowest BCUT2D eigenvalue weighted by Gasteiger charge is -2.26. The van der Waals surface area contributed by atoms with E-state index in [1.165, 1.54) is 5.82 Å². The summed E-state index contributed by atoms with van der Waals surface area (Å²) in [5.74, 6) is 1.21. The molecule has 2 rings (SSSR count). The average Bonchev–Trinajstić information content (AvgIpc) is 2.86. The second-order valence-corrected chi connectivity index (χ2v) is 4.70. The highest BCUT2D eigenvalue weighted by atomic mass is 16.5. The quantitative estimate of drug-likeness (QED) is 0.712. The molecule has 0 aromatic carbocycles. The van der Waals surface area contributed by atoms with E-state index in [9.17, 15) is 0 Å². The van der Waals surface area contributed by atoms with Gasteiger partial charge in [-0.1, -0.05) is 0 Å². The first-order valence-electron chi connectivity index (χ1n) is 6.85. The van der Waals surface area contributed by atoms with Crippen LogP contribution < -0.4 is 5.32 Å². The molecule has 1 aromatic rings. The molecule has 1 aliphatic heterocycles. The van der Waals surface area contributed by atoms with Crippen molar-refractivity contribution in [2.24, 2.45) is 0 Å². The molecule has 2 heterocycles. The maximum absolute atomic E-state index is 5.36. The molecule has 1 saturated heterocycles. The number of rotatable bonds is 7. The molecule has 5 heteroatoms. The van der Waals surface area contributed by atoms with Crippen LogP contribution in [0.1, 0.15) is 12.2 Å². The largest absolute Gasteiger partial charge is 0.379 e. The van der Waals surface area contributed by atoms with Crippen LogP contribution >= 0.6 is 0 Å². The Morgan fingerprint density at radius 2 is 2.17 bits per heavy atom. The molecule has 0 spiro atoms. The number of hydrogen-bond acceptors (Lipinski definition) is 4. The first-order valence-corrected chi connectivity index (χ1v) is 6.85. The van der Waals surface area contributed by atoms with E-state index in [0.29, 0.717) is 0 Å². The average molecular weight is 252 g/mol. The van der Waals surface area contributed by atoms with Crippen molar-refractivity contribution in [3.05, 3.63) is 18.2 Å². The van der Waals surface area contributed by atoms with Gasteiger partial charge in [0.15, 0.2) is 0 Å². The summed E-state index contributed by atoms with van der Waals surface area (Å²) < 4.78 is 7.63. The molecule has 18 heavy (non-hydrogen) atoms. The molecule has 1 aromatic heterocycles. The van der Waals surface area contributed by atoms with Crippen molar-refractivity contribution in [1.82, 2.24) is 19.8 Å². The zero-order chi connectivity index (χ0) is 12.6. The van der Waals surface area contributed by atoms with Crippen LogP contribution in [0.15, 0.2) is 12.4 Å². The minimum atomic E-state index is 0.872. The molecule has 1 aliphatic rings. The predicted molar refractivity (Wildman–Crippen MR) is 71.7 cm³/mol. The smallest absolute Gasteiger partial charge is 0.109 e. The van der Waals surface area contributed by atoms with Crippen LogP contribution in [-0.4, -0.2) is 60.9 Å². The van der Waals surface area contributed by atoms with Gasteiger partial charge in [0.2, 0.25) is 0 Å². The molecule has 0 atom stereocenters. The maximum atomic E-state index is 5.36. The maximum Gasteiger partial charge on any atom is 0.109 e. The highest BCUT2D eigenvalue weighted by molar-refractivity contribution is 4.93.